The predicted octanol–water partition coefficient (Wildman–Crippen LogP) is 2.53. The second-order valence-corrected chi connectivity index (χ2v) is 6.06. The molecule has 1 saturated heterocycles. The van der Waals surface area contributed by atoms with Gasteiger partial charge in [-0.3, -0.25) is 9.59 Å². The first-order valence-electron chi connectivity index (χ1n) is 7.63. The zero-order valence-corrected chi connectivity index (χ0v) is 11.8. The van der Waals surface area contributed by atoms with E-state index < -0.39 is 5.97 Å². The van der Waals surface area contributed by atoms with E-state index >= 15 is 0 Å². The van der Waals surface area contributed by atoms with E-state index in [9.17, 15) is 9.59 Å². The van der Waals surface area contributed by atoms with Gasteiger partial charge in [0.2, 0.25) is 5.91 Å². The summed E-state index contributed by atoms with van der Waals surface area (Å²) in [5.74, 6) is 0.212. The summed E-state index contributed by atoms with van der Waals surface area (Å²) in [7, 11) is 0. The molecule has 0 aromatic rings. The standard InChI is InChI=1S/C15H25NO3/c1-2-11-7-9-16(10-8-11)14(17)12-3-5-13(6-4-12)15(18)19/h11-13H,2-10H2,1H3,(H,18,19). The quantitative estimate of drug-likeness (QED) is 0.855. The van der Waals surface area contributed by atoms with Crippen LogP contribution in [0.4, 0.5) is 0 Å². The Kier molecular flexibility index (Phi) is 4.83. The molecule has 1 N–H and O–H groups in total. The number of aliphatic carboxylic acids is 1. The van der Waals surface area contributed by atoms with Gasteiger partial charge in [0, 0.05) is 19.0 Å². The molecule has 0 atom stereocenters. The minimum Gasteiger partial charge on any atom is -0.481 e. The number of carbonyl (C=O) groups excluding carboxylic acids is 1. The van der Waals surface area contributed by atoms with Gasteiger partial charge in [-0.25, -0.2) is 0 Å². The number of hydrogen-bond donors (Lipinski definition) is 1. The SMILES string of the molecule is CCC1CCN(C(=O)C2CCC(C(=O)O)CC2)CC1. The van der Waals surface area contributed by atoms with Gasteiger partial charge in [0.1, 0.15) is 0 Å². The van der Waals surface area contributed by atoms with Gasteiger partial charge in [-0.1, -0.05) is 13.3 Å². The molecule has 4 heteroatoms. The Morgan fingerprint density at radius 3 is 2.00 bits per heavy atom. The summed E-state index contributed by atoms with van der Waals surface area (Å²) < 4.78 is 0. The van der Waals surface area contributed by atoms with Crippen LogP contribution in [0.1, 0.15) is 51.9 Å². The topological polar surface area (TPSA) is 57.6 Å². The molecule has 0 aromatic heterocycles. The van der Waals surface area contributed by atoms with Gasteiger partial charge in [0.05, 0.1) is 5.92 Å². The second kappa shape index (κ2) is 6.40. The van der Waals surface area contributed by atoms with Gasteiger partial charge in [0.25, 0.3) is 0 Å². The third kappa shape index (κ3) is 3.48. The van der Waals surface area contributed by atoms with Crippen molar-refractivity contribution in [1.82, 2.24) is 4.90 Å². The van der Waals surface area contributed by atoms with Gasteiger partial charge in [-0.15, -0.1) is 0 Å². The average Bonchev–Trinajstić information content (AvgIpc) is 2.46. The third-order valence-corrected chi connectivity index (χ3v) is 4.93. The third-order valence-electron chi connectivity index (χ3n) is 4.93. The van der Waals surface area contributed by atoms with Crippen molar-refractivity contribution in [2.75, 3.05) is 13.1 Å². The lowest BCUT2D eigenvalue weighted by Gasteiger charge is -2.35. The van der Waals surface area contributed by atoms with E-state index in [1.807, 2.05) is 4.90 Å². The summed E-state index contributed by atoms with van der Waals surface area (Å²) in [5.41, 5.74) is 0. The van der Waals surface area contributed by atoms with E-state index in [0.29, 0.717) is 12.8 Å². The van der Waals surface area contributed by atoms with Crippen LogP contribution >= 0.6 is 0 Å². The van der Waals surface area contributed by atoms with Crippen molar-refractivity contribution in [3.8, 4) is 0 Å². The molecule has 0 unspecified atom stereocenters. The first kappa shape index (κ1) is 14.4. The van der Waals surface area contributed by atoms with E-state index in [4.69, 9.17) is 5.11 Å². The molecular weight excluding hydrogens is 242 g/mol. The number of carbonyl (C=O) groups is 2. The summed E-state index contributed by atoms with van der Waals surface area (Å²) in [4.78, 5) is 25.3. The molecule has 19 heavy (non-hydrogen) atoms. The molecule has 2 fully saturated rings. The molecule has 1 aliphatic carbocycles. The van der Waals surface area contributed by atoms with Crippen molar-refractivity contribution >= 4 is 11.9 Å². The lowest BCUT2D eigenvalue weighted by molar-refractivity contribution is -0.146. The molecule has 0 radical (unpaired) electrons. The van der Waals surface area contributed by atoms with Crippen LogP contribution < -0.4 is 0 Å². The highest BCUT2D eigenvalue weighted by atomic mass is 16.4. The van der Waals surface area contributed by atoms with Crippen molar-refractivity contribution in [2.24, 2.45) is 17.8 Å². The van der Waals surface area contributed by atoms with E-state index in [-0.39, 0.29) is 17.7 Å². The molecular formula is C15H25NO3. The Hall–Kier alpha value is -1.06. The molecule has 4 nitrogen and oxygen atoms in total. The molecule has 0 bridgehead atoms. The van der Waals surface area contributed by atoms with E-state index in [1.165, 1.54) is 6.42 Å². The minimum atomic E-state index is -0.699. The fraction of sp³-hybridized carbons (Fsp3) is 0.867. The highest BCUT2D eigenvalue weighted by molar-refractivity contribution is 5.79. The summed E-state index contributed by atoms with van der Waals surface area (Å²) in [6.45, 7) is 4.02. The summed E-state index contributed by atoms with van der Waals surface area (Å²) in [5, 5.41) is 8.97. The molecule has 2 rings (SSSR count). The average molecular weight is 267 g/mol. The van der Waals surface area contributed by atoms with Gasteiger partial charge >= 0.3 is 5.97 Å². The van der Waals surface area contributed by atoms with Crippen molar-refractivity contribution in [1.29, 1.82) is 0 Å². The fourth-order valence-corrected chi connectivity index (χ4v) is 3.41. The van der Waals surface area contributed by atoms with E-state index in [1.54, 1.807) is 0 Å². The summed E-state index contributed by atoms with van der Waals surface area (Å²) in [6, 6.07) is 0. The number of carboxylic acid groups (broad SMARTS) is 1. The first-order valence-corrected chi connectivity index (χ1v) is 7.63. The largest absolute Gasteiger partial charge is 0.481 e. The lowest BCUT2D eigenvalue weighted by atomic mass is 9.81. The number of likely N-dealkylation sites (tertiary alicyclic amines) is 1. The Morgan fingerprint density at radius 2 is 1.53 bits per heavy atom. The van der Waals surface area contributed by atoms with Crippen LogP contribution in [0.15, 0.2) is 0 Å². The highest BCUT2D eigenvalue weighted by Gasteiger charge is 2.33. The van der Waals surface area contributed by atoms with E-state index in [0.717, 1.165) is 44.7 Å². The molecule has 1 heterocycles. The van der Waals surface area contributed by atoms with Crippen LogP contribution in [0.5, 0.6) is 0 Å². The Balaban J connectivity index is 1.80. The van der Waals surface area contributed by atoms with Crippen molar-refractivity contribution in [3.05, 3.63) is 0 Å². The van der Waals surface area contributed by atoms with Gasteiger partial charge in [-0.05, 0) is 44.4 Å². The zero-order valence-electron chi connectivity index (χ0n) is 11.8. The summed E-state index contributed by atoms with van der Waals surface area (Å²) in [6.07, 6.45) is 6.31. The minimum absolute atomic E-state index is 0.0776. The fourth-order valence-electron chi connectivity index (χ4n) is 3.41. The maximum Gasteiger partial charge on any atom is 0.306 e. The predicted molar refractivity (Wildman–Crippen MR) is 72.7 cm³/mol. The smallest absolute Gasteiger partial charge is 0.306 e. The number of hydrogen-bond acceptors (Lipinski definition) is 2. The van der Waals surface area contributed by atoms with Crippen molar-refractivity contribution < 1.29 is 14.7 Å². The van der Waals surface area contributed by atoms with Crippen LogP contribution in [-0.2, 0) is 9.59 Å². The monoisotopic (exact) mass is 267 g/mol. The number of piperidine rings is 1. The highest BCUT2D eigenvalue weighted by Crippen LogP contribution is 2.31. The van der Waals surface area contributed by atoms with Crippen molar-refractivity contribution in [2.45, 2.75) is 51.9 Å². The molecule has 1 saturated carbocycles. The van der Waals surface area contributed by atoms with Crippen LogP contribution in [0.3, 0.4) is 0 Å². The molecule has 0 spiro atoms. The van der Waals surface area contributed by atoms with Crippen LogP contribution in [0.25, 0.3) is 0 Å². The molecule has 0 aromatic carbocycles. The Bertz CT molecular complexity index is 326. The summed E-state index contributed by atoms with van der Waals surface area (Å²) >= 11 is 0. The Labute approximate surface area is 115 Å². The number of nitrogens with zero attached hydrogens (tertiary/aromatic N) is 1. The van der Waals surface area contributed by atoms with Crippen LogP contribution in [0, 0.1) is 17.8 Å². The maximum atomic E-state index is 12.4. The van der Waals surface area contributed by atoms with E-state index in [2.05, 4.69) is 6.92 Å². The van der Waals surface area contributed by atoms with Crippen molar-refractivity contribution in [3.63, 3.8) is 0 Å². The molecule has 108 valence electrons. The molecule has 1 aliphatic heterocycles. The van der Waals surface area contributed by atoms with Gasteiger partial charge < -0.3 is 10.0 Å². The number of carboxylic acids is 1. The first-order chi connectivity index (χ1) is 9.11. The number of amides is 1. The lowest BCUT2D eigenvalue weighted by Crippen LogP contribution is -2.42. The zero-order chi connectivity index (χ0) is 13.8. The van der Waals surface area contributed by atoms with Crippen LogP contribution in [-0.4, -0.2) is 35.0 Å². The van der Waals surface area contributed by atoms with Gasteiger partial charge in [-0.2, -0.15) is 0 Å². The molecule has 2 aliphatic rings. The van der Waals surface area contributed by atoms with Gasteiger partial charge in [0.15, 0.2) is 0 Å². The second-order valence-electron chi connectivity index (χ2n) is 6.06. The van der Waals surface area contributed by atoms with Crippen LogP contribution in [0.2, 0.25) is 0 Å². The molecule has 1 amide bonds. The Morgan fingerprint density at radius 1 is 1.00 bits per heavy atom. The normalized spacial score (nSPS) is 29.2. The number of rotatable bonds is 3. The maximum absolute atomic E-state index is 12.4.